The predicted octanol–water partition coefficient (Wildman–Crippen LogP) is 4.92. The van der Waals surface area contributed by atoms with Crippen LogP contribution in [0, 0.1) is 0 Å². The van der Waals surface area contributed by atoms with Gasteiger partial charge in [-0.1, -0.05) is 31.5 Å². The highest BCUT2D eigenvalue weighted by molar-refractivity contribution is 7.09. The van der Waals surface area contributed by atoms with Crippen molar-refractivity contribution in [1.29, 1.82) is 0 Å². The van der Waals surface area contributed by atoms with Crippen LogP contribution >= 0.6 is 11.3 Å². The highest BCUT2D eigenvalue weighted by Gasteiger charge is 2.15. The van der Waals surface area contributed by atoms with Crippen LogP contribution in [0.3, 0.4) is 0 Å². The molecule has 3 aromatic rings. The van der Waals surface area contributed by atoms with Gasteiger partial charge in [0.05, 0.1) is 31.7 Å². The van der Waals surface area contributed by atoms with E-state index in [4.69, 9.17) is 9.47 Å². The minimum Gasteiger partial charge on any atom is -0.466 e. The second-order valence-corrected chi connectivity index (χ2v) is 8.43. The van der Waals surface area contributed by atoms with E-state index in [2.05, 4.69) is 16.5 Å². The quantitative estimate of drug-likeness (QED) is 0.323. The number of hydrogen-bond acceptors (Lipinski definition) is 6. The first-order chi connectivity index (χ1) is 15.5. The third-order valence-corrected chi connectivity index (χ3v) is 6.03. The van der Waals surface area contributed by atoms with E-state index in [1.807, 2.05) is 41.9 Å². The van der Waals surface area contributed by atoms with Crippen LogP contribution in [0.15, 0.2) is 53.5 Å². The summed E-state index contributed by atoms with van der Waals surface area (Å²) in [4.78, 5) is 29.9. The average molecular weight is 453 g/mol. The van der Waals surface area contributed by atoms with E-state index in [1.165, 1.54) is 14.2 Å². The van der Waals surface area contributed by atoms with E-state index in [1.54, 1.807) is 23.5 Å². The molecular weight excluding hydrogens is 424 g/mol. The van der Waals surface area contributed by atoms with Gasteiger partial charge < -0.3 is 14.0 Å². The number of ether oxygens (including phenoxy) is 2. The molecule has 0 saturated heterocycles. The average Bonchev–Trinajstić information content (AvgIpc) is 3.47. The van der Waals surface area contributed by atoms with Gasteiger partial charge in [-0.2, -0.15) is 0 Å². The summed E-state index contributed by atoms with van der Waals surface area (Å²) in [5.74, 6) is 0.266. The lowest BCUT2D eigenvalue weighted by Gasteiger charge is -2.12. The summed E-state index contributed by atoms with van der Waals surface area (Å²) in [5, 5.41) is 2.00. The highest BCUT2D eigenvalue weighted by Crippen LogP contribution is 2.20. The molecule has 0 N–H and O–H groups in total. The minimum atomic E-state index is -0.359. The maximum atomic E-state index is 12.5. The maximum absolute atomic E-state index is 12.5. The molecule has 6 nitrogen and oxygen atoms in total. The van der Waals surface area contributed by atoms with Crippen molar-refractivity contribution in [2.75, 3.05) is 14.2 Å². The van der Waals surface area contributed by atoms with Gasteiger partial charge in [-0.05, 0) is 41.6 Å². The number of benzene rings is 1. The molecule has 2 aromatic heterocycles. The molecule has 0 fully saturated rings. The summed E-state index contributed by atoms with van der Waals surface area (Å²) >= 11 is 1.61. The molecule has 0 unspecified atom stereocenters. The molecule has 2 heterocycles. The van der Waals surface area contributed by atoms with Crippen LogP contribution in [-0.4, -0.2) is 35.7 Å². The first-order valence-corrected chi connectivity index (χ1v) is 11.5. The van der Waals surface area contributed by atoms with E-state index in [0.717, 1.165) is 41.2 Å². The SMILES string of the molecule is CCCCc1ncc(/C=C(/Cc2cccs2)C(=O)OC)n1Cc1ccc(C(=O)OC)cc1. The van der Waals surface area contributed by atoms with Gasteiger partial charge in [0.25, 0.3) is 0 Å². The molecule has 168 valence electrons. The van der Waals surface area contributed by atoms with Crippen molar-refractivity contribution < 1.29 is 19.1 Å². The Bertz CT molecular complexity index is 1070. The monoisotopic (exact) mass is 452 g/mol. The number of nitrogens with zero attached hydrogens (tertiary/aromatic N) is 2. The van der Waals surface area contributed by atoms with Crippen LogP contribution in [-0.2, 0) is 33.7 Å². The smallest absolute Gasteiger partial charge is 0.337 e. The number of aromatic nitrogens is 2. The Morgan fingerprint density at radius 2 is 1.91 bits per heavy atom. The summed E-state index contributed by atoms with van der Waals surface area (Å²) in [6, 6.07) is 11.3. The molecule has 3 rings (SSSR count). The molecule has 7 heteroatoms. The fourth-order valence-electron chi connectivity index (χ4n) is 3.40. The Morgan fingerprint density at radius 1 is 1.12 bits per heavy atom. The van der Waals surface area contributed by atoms with E-state index >= 15 is 0 Å². The highest BCUT2D eigenvalue weighted by atomic mass is 32.1. The number of methoxy groups -OCH3 is 2. The van der Waals surface area contributed by atoms with E-state index < -0.39 is 0 Å². The predicted molar refractivity (Wildman–Crippen MR) is 126 cm³/mol. The number of carbonyl (C=O) groups is 2. The molecule has 0 bridgehead atoms. The summed E-state index contributed by atoms with van der Waals surface area (Å²) < 4.78 is 11.9. The number of thiophene rings is 1. The lowest BCUT2D eigenvalue weighted by molar-refractivity contribution is -0.136. The molecule has 32 heavy (non-hydrogen) atoms. The first kappa shape index (κ1) is 23.5. The molecular formula is C25H28N2O4S. The zero-order valence-electron chi connectivity index (χ0n) is 18.7. The zero-order chi connectivity index (χ0) is 22.9. The van der Waals surface area contributed by atoms with Gasteiger partial charge in [0.1, 0.15) is 5.82 Å². The lowest BCUT2D eigenvalue weighted by atomic mass is 10.1. The second kappa shape index (κ2) is 11.4. The maximum Gasteiger partial charge on any atom is 0.337 e. The van der Waals surface area contributed by atoms with E-state index in [-0.39, 0.29) is 11.9 Å². The minimum absolute atomic E-state index is 0.344. The van der Waals surface area contributed by atoms with Crippen LogP contribution in [0.2, 0.25) is 0 Å². The van der Waals surface area contributed by atoms with Gasteiger partial charge >= 0.3 is 11.9 Å². The van der Waals surface area contributed by atoms with Crippen molar-refractivity contribution in [3.63, 3.8) is 0 Å². The van der Waals surface area contributed by atoms with Crippen molar-refractivity contribution in [2.45, 2.75) is 39.2 Å². The summed E-state index contributed by atoms with van der Waals surface area (Å²) in [7, 11) is 2.77. The fourth-order valence-corrected chi connectivity index (χ4v) is 4.13. The Morgan fingerprint density at radius 3 is 2.53 bits per heavy atom. The van der Waals surface area contributed by atoms with Crippen LogP contribution in [0.1, 0.15) is 52.1 Å². The number of unbranched alkanes of at least 4 members (excludes halogenated alkanes) is 1. The third-order valence-electron chi connectivity index (χ3n) is 5.15. The number of hydrogen-bond donors (Lipinski definition) is 0. The standard InChI is InChI=1S/C25H28N2O4S/c1-4-5-8-23-26-16-21(14-20(25(29)31-3)15-22-7-6-13-32-22)27(23)17-18-9-11-19(12-10-18)24(28)30-2/h6-7,9-14,16H,4-5,8,15,17H2,1-3H3/b20-14-. The fraction of sp³-hybridized carbons (Fsp3) is 0.320. The molecule has 0 saturated carbocycles. The van der Waals surface area contributed by atoms with Gasteiger partial charge in [-0.3, -0.25) is 0 Å². The molecule has 0 radical (unpaired) electrons. The van der Waals surface area contributed by atoms with Gasteiger partial charge in [0.2, 0.25) is 0 Å². The summed E-state index contributed by atoms with van der Waals surface area (Å²) in [6.07, 6.45) is 7.14. The van der Waals surface area contributed by atoms with Gasteiger partial charge in [-0.15, -0.1) is 11.3 Å². The van der Waals surface area contributed by atoms with Gasteiger partial charge in [0.15, 0.2) is 0 Å². The third kappa shape index (κ3) is 5.95. The number of esters is 2. The van der Waals surface area contributed by atoms with Crippen LogP contribution in [0.25, 0.3) is 6.08 Å². The van der Waals surface area contributed by atoms with E-state index in [9.17, 15) is 9.59 Å². The first-order valence-electron chi connectivity index (χ1n) is 10.6. The Hall–Kier alpha value is -3.19. The topological polar surface area (TPSA) is 70.4 Å². The Labute approximate surface area is 192 Å². The summed E-state index contributed by atoms with van der Waals surface area (Å²) in [6.45, 7) is 2.73. The van der Waals surface area contributed by atoms with E-state index in [0.29, 0.717) is 24.1 Å². The lowest BCUT2D eigenvalue weighted by Crippen LogP contribution is -2.10. The largest absolute Gasteiger partial charge is 0.466 e. The Balaban J connectivity index is 1.94. The molecule has 0 spiro atoms. The molecule has 1 aromatic carbocycles. The molecule has 0 amide bonds. The molecule has 0 aliphatic heterocycles. The summed E-state index contributed by atoms with van der Waals surface area (Å²) in [5.41, 5.74) is 2.97. The van der Waals surface area contributed by atoms with Crippen molar-refractivity contribution in [2.24, 2.45) is 0 Å². The number of rotatable bonds is 10. The zero-order valence-corrected chi connectivity index (χ0v) is 19.5. The van der Waals surface area contributed by atoms with Crippen LogP contribution in [0.5, 0.6) is 0 Å². The number of aryl methyl sites for hydroxylation is 1. The van der Waals surface area contributed by atoms with Crippen molar-refractivity contribution in [1.82, 2.24) is 9.55 Å². The van der Waals surface area contributed by atoms with Crippen molar-refractivity contribution in [3.8, 4) is 0 Å². The normalized spacial score (nSPS) is 11.4. The number of carbonyl (C=O) groups excluding carboxylic acids is 2. The van der Waals surface area contributed by atoms with Crippen molar-refractivity contribution >= 4 is 29.4 Å². The van der Waals surface area contributed by atoms with Crippen molar-refractivity contribution in [3.05, 3.63) is 81.1 Å². The van der Waals surface area contributed by atoms with Crippen LogP contribution in [0.4, 0.5) is 0 Å². The Kier molecular flexibility index (Phi) is 8.39. The molecule has 0 aliphatic rings. The van der Waals surface area contributed by atoms with Gasteiger partial charge in [0, 0.05) is 29.8 Å². The van der Waals surface area contributed by atoms with Crippen LogP contribution < -0.4 is 0 Å². The molecule has 0 aliphatic carbocycles. The van der Waals surface area contributed by atoms with Gasteiger partial charge in [-0.25, -0.2) is 14.6 Å². The molecule has 0 atom stereocenters. The number of imidazole rings is 1. The second-order valence-electron chi connectivity index (χ2n) is 7.39.